The molecule has 0 saturated carbocycles. The van der Waals surface area contributed by atoms with Crippen LogP contribution in [0, 0.1) is 6.92 Å². The molecule has 0 radical (unpaired) electrons. The molecule has 2 aromatic rings. The standard InChI is InChI=1S/C19H24N4O3S/c1-3-23(17-8-9-27(25,26)13-17)19-21-11-16(12-22-19)18(24)20-10-15-7-5-4-6-14(15)2/h4-7,11-12,17H,3,8-10,13H2,1-2H3,(H,20,24). The van der Waals surface area contributed by atoms with Gasteiger partial charge in [0, 0.05) is 31.5 Å². The third kappa shape index (κ3) is 4.63. The molecule has 1 saturated heterocycles. The van der Waals surface area contributed by atoms with E-state index < -0.39 is 9.84 Å². The second kappa shape index (κ2) is 8.04. The molecule has 144 valence electrons. The SMILES string of the molecule is CCN(c1ncc(C(=O)NCc2ccccc2C)cn1)C1CCS(=O)(=O)C1. The molecule has 0 bridgehead atoms. The van der Waals surface area contributed by atoms with Crippen molar-refractivity contribution in [3.63, 3.8) is 0 Å². The molecule has 1 amide bonds. The van der Waals surface area contributed by atoms with Crippen LogP contribution in [0.4, 0.5) is 5.95 Å². The second-order valence-corrected chi connectivity index (χ2v) is 8.95. The Balaban J connectivity index is 1.65. The highest BCUT2D eigenvalue weighted by Gasteiger charge is 2.32. The van der Waals surface area contributed by atoms with E-state index in [1.807, 2.05) is 43.0 Å². The molecule has 2 heterocycles. The zero-order chi connectivity index (χ0) is 19.4. The van der Waals surface area contributed by atoms with Crippen LogP contribution in [0.3, 0.4) is 0 Å². The van der Waals surface area contributed by atoms with E-state index in [2.05, 4.69) is 15.3 Å². The lowest BCUT2D eigenvalue weighted by atomic mass is 10.1. The molecule has 1 aromatic heterocycles. The monoisotopic (exact) mass is 388 g/mol. The van der Waals surface area contributed by atoms with E-state index in [9.17, 15) is 13.2 Å². The second-order valence-electron chi connectivity index (χ2n) is 6.72. The van der Waals surface area contributed by atoms with Crippen LogP contribution in [0.1, 0.15) is 34.8 Å². The van der Waals surface area contributed by atoms with Gasteiger partial charge in [0.25, 0.3) is 5.91 Å². The summed E-state index contributed by atoms with van der Waals surface area (Å²) in [5.74, 6) is 0.544. The summed E-state index contributed by atoms with van der Waals surface area (Å²) in [6.45, 7) is 4.99. The Kier molecular flexibility index (Phi) is 5.74. The minimum atomic E-state index is -2.98. The minimum Gasteiger partial charge on any atom is -0.348 e. The van der Waals surface area contributed by atoms with Gasteiger partial charge < -0.3 is 10.2 Å². The molecule has 1 aromatic carbocycles. The number of nitrogens with zero attached hydrogens (tertiary/aromatic N) is 3. The van der Waals surface area contributed by atoms with Crippen LogP contribution in [-0.4, -0.2) is 48.4 Å². The van der Waals surface area contributed by atoms with Crippen LogP contribution >= 0.6 is 0 Å². The van der Waals surface area contributed by atoms with Gasteiger partial charge in [0.2, 0.25) is 5.95 Å². The molecule has 7 nitrogen and oxygen atoms in total. The number of amides is 1. The van der Waals surface area contributed by atoms with E-state index in [0.717, 1.165) is 11.1 Å². The molecule has 8 heteroatoms. The average Bonchev–Trinajstić information content (AvgIpc) is 3.01. The lowest BCUT2D eigenvalue weighted by Crippen LogP contribution is -2.37. The first-order valence-corrected chi connectivity index (χ1v) is 10.8. The minimum absolute atomic E-state index is 0.110. The maximum absolute atomic E-state index is 12.3. The Bertz CT molecular complexity index is 913. The van der Waals surface area contributed by atoms with Crippen LogP contribution in [-0.2, 0) is 16.4 Å². The molecule has 0 aliphatic carbocycles. The number of carbonyl (C=O) groups excluding carboxylic acids is 1. The van der Waals surface area contributed by atoms with Crippen molar-refractivity contribution in [2.75, 3.05) is 23.0 Å². The Morgan fingerprint density at radius 1 is 1.26 bits per heavy atom. The van der Waals surface area contributed by atoms with Gasteiger partial charge in [0.05, 0.1) is 17.1 Å². The van der Waals surface area contributed by atoms with Crippen LogP contribution in [0.25, 0.3) is 0 Å². The predicted molar refractivity (Wildman–Crippen MR) is 104 cm³/mol. The van der Waals surface area contributed by atoms with E-state index in [1.54, 1.807) is 0 Å². The maximum atomic E-state index is 12.3. The van der Waals surface area contributed by atoms with E-state index >= 15 is 0 Å². The number of nitrogens with one attached hydrogen (secondary N) is 1. The molecule has 1 aliphatic heterocycles. The smallest absolute Gasteiger partial charge is 0.254 e. The third-order valence-corrected chi connectivity index (χ3v) is 6.60. The summed E-state index contributed by atoms with van der Waals surface area (Å²) in [6.07, 6.45) is 3.56. The lowest BCUT2D eigenvalue weighted by Gasteiger charge is -2.26. The van der Waals surface area contributed by atoms with E-state index in [0.29, 0.717) is 31.0 Å². The number of aromatic nitrogens is 2. The first-order chi connectivity index (χ1) is 12.9. The number of sulfone groups is 1. The highest BCUT2D eigenvalue weighted by atomic mass is 32.2. The number of carbonyl (C=O) groups is 1. The molecule has 1 atom stereocenters. The normalized spacial score (nSPS) is 18.2. The van der Waals surface area contributed by atoms with Crippen molar-refractivity contribution < 1.29 is 13.2 Å². The summed E-state index contributed by atoms with van der Waals surface area (Å²) >= 11 is 0. The summed E-state index contributed by atoms with van der Waals surface area (Å²) in [5, 5.41) is 2.87. The quantitative estimate of drug-likeness (QED) is 0.810. The van der Waals surface area contributed by atoms with Gasteiger partial charge in [0.15, 0.2) is 9.84 Å². The van der Waals surface area contributed by atoms with Crippen molar-refractivity contribution in [1.82, 2.24) is 15.3 Å². The number of hydrogen-bond donors (Lipinski definition) is 1. The van der Waals surface area contributed by atoms with Gasteiger partial charge in [-0.25, -0.2) is 18.4 Å². The summed E-state index contributed by atoms with van der Waals surface area (Å²) in [4.78, 5) is 22.8. The van der Waals surface area contributed by atoms with E-state index in [4.69, 9.17) is 0 Å². The Morgan fingerprint density at radius 2 is 1.96 bits per heavy atom. The number of benzene rings is 1. The summed E-state index contributed by atoms with van der Waals surface area (Å²) in [7, 11) is -2.98. The number of hydrogen-bond acceptors (Lipinski definition) is 6. The zero-order valence-corrected chi connectivity index (χ0v) is 16.4. The predicted octanol–water partition coefficient (Wildman–Crippen LogP) is 1.73. The van der Waals surface area contributed by atoms with E-state index in [-0.39, 0.29) is 23.5 Å². The van der Waals surface area contributed by atoms with E-state index in [1.165, 1.54) is 12.4 Å². The molecule has 1 unspecified atom stereocenters. The van der Waals surface area contributed by atoms with Crippen LogP contribution in [0.5, 0.6) is 0 Å². The van der Waals surface area contributed by atoms with Crippen molar-refractivity contribution in [3.8, 4) is 0 Å². The summed E-state index contributed by atoms with van der Waals surface area (Å²) in [5.41, 5.74) is 2.56. The fourth-order valence-corrected chi connectivity index (χ4v) is 4.99. The molecule has 0 spiro atoms. The van der Waals surface area contributed by atoms with Crippen molar-refractivity contribution in [2.24, 2.45) is 0 Å². The maximum Gasteiger partial charge on any atom is 0.254 e. The first-order valence-electron chi connectivity index (χ1n) is 9.01. The Hall–Kier alpha value is -2.48. The van der Waals surface area contributed by atoms with Gasteiger partial charge >= 0.3 is 0 Å². The fourth-order valence-electron chi connectivity index (χ4n) is 3.26. The highest BCUT2D eigenvalue weighted by Crippen LogP contribution is 2.21. The molecule has 1 N–H and O–H groups in total. The van der Waals surface area contributed by atoms with Gasteiger partial charge in [0.1, 0.15) is 0 Å². The van der Waals surface area contributed by atoms with Crippen LogP contribution < -0.4 is 10.2 Å². The van der Waals surface area contributed by atoms with Crippen molar-refractivity contribution in [2.45, 2.75) is 32.9 Å². The molecular formula is C19H24N4O3S. The molecule has 27 heavy (non-hydrogen) atoms. The van der Waals surface area contributed by atoms with Gasteiger partial charge in [-0.3, -0.25) is 4.79 Å². The van der Waals surface area contributed by atoms with Gasteiger partial charge in [-0.1, -0.05) is 24.3 Å². The first kappa shape index (κ1) is 19.3. The summed E-state index contributed by atoms with van der Waals surface area (Å²) < 4.78 is 23.5. The van der Waals surface area contributed by atoms with Gasteiger partial charge in [-0.15, -0.1) is 0 Å². The van der Waals surface area contributed by atoms with Crippen molar-refractivity contribution in [1.29, 1.82) is 0 Å². The number of rotatable bonds is 6. The fraction of sp³-hybridized carbons (Fsp3) is 0.421. The topological polar surface area (TPSA) is 92.3 Å². The number of anilines is 1. The van der Waals surface area contributed by atoms with Crippen molar-refractivity contribution >= 4 is 21.7 Å². The highest BCUT2D eigenvalue weighted by molar-refractivity contribution is 7.91. The molecule has 3 rings (SSSR count). The largest absolute Gasteiger partial charge is 0.348 e. The van der Waals surface area contributed by atoms with Crippen LogP contribution in [0.15, 0.2) is 36.7 Å². The lowest BCUT2D eigenvalue weighted by molar-refractivity contribution is 0.0950. The molecule has 1 aliphatic rings. The van der Waals surface area contributed by atoms with Crippen molar-refractivity contribution in [3.05, 3.63) is 53.3 Å². The zero-order valence-electron chi connectivity index (χ0n) is 15.6. The molecule has 1 fully saturated rings. The van der Waals surface area contributed by atoms with Gasteiger partial charge in [-0.05, 0) is 31.4 Å². The van der Waals surface area contributed by atoms with Crippen LogP contribution in [0.2, 0.25) is 0 Å². The Labute approximate surface area is 159 Å². The average molecular weight is 388 g/mol. The Morgan fingerprint density at radius 3 is 2.56 bits per heavy atom. The van der Waals surface area contributed by atoms with Gasteiger partial charge in [-0.2, -0.15) is 0 Å². The summed E-state index contributed by atoms with van der Waals surface area (Å²) in [6, 6.07) is 7.77. The molecular weight excluding hydrogens is 364 g/mol. The third-order valence-electron chi connectivity index (χ3n) is 4.85. The number of aryl methyl sites for hydroxylation is 1.